The van der Waals surface area contributed by atoms with E-state index in [4.69, 9.17) is 11.6 Å². The average molecular weight is 257 g/mol. The number of rotatable bonds is 2. The quantitative estimate of drug-likeness (QED) is 0.766. The zero-order valence-electron chi connectivity index (χ0n) is 9.34. The Morgan fingerprint density at radius 3 is 2.56 bits per heavy atom. The third-order valence-corrected chi connectivity index (χ3v) is 2.78. The molecule has 0 aliphatic rings. The number of nitrogens with one attached hydrogen (secondary N) is 1. The van der Waals surface area contributed by atoms with E-state index < -0.39 is 0 Å². The number of hydrogen-bond donors (Lipinski definition) is 1. The van der Waals surface area contributed by atoms with Gasteiger partial charge in [-0.15, -0.1) is 0 Å². The summed E-state index contributed by atoms with van der Waals surface area (Å²) < 4.78 is 0. The minimum atomic E-state index is 0.702. The minimum Gasteiger partial charge on any atom is -0.343 e. The van der Waals surface area contributed by atoms with Crippen LogP contribution in [-0.2, 0) is 0 Å². The zero-order valence-corrected chi connectivity index (χ0v) is 10.1. The summed E-state index contributed by atoms with van der Waals surface area (Å²) in [5.41, 5.74) is 2.58. The highest BCUT2D eigenvalue weighted by molar-refractivity contribution is 6.30. The number of halogens is 1. The summed E-state index contributed by atoms with van der Waals surface area (Å²) in [6.07, 6.45) is 6.78. The van der Waals surface area contributed by atoms with Gasteiger partial charge in [0.15, 0.2) is 5.82 Å². The van der Waals surface area contributed by atoms with E-state index in [9.17, 15) is 0 Å². The van der Waals surface area contributed by atoms with E-state index in [1.165, 1.54) is 0 Å². The molecule has 18 heavy (non-hydrogen) atoms. The first-order chi connectivity index (χ1) is 8.83. The Hall–Kier alpha value is -2.20. The Kier molecular flexibility index (Phi) is 2.78. The van der Waals surface area contributed by atoms with Crippen LogP contribution in [0, 0.1) is 0 Å². The van der Waals surface area contributed by atoms with Crippen LogP contribution in [-0.4, -0.2) is 19.9 Å². The number of aromatic nitrogens is 4. The van der Waals surface area contributed by atoms with Crippen LogP contribution in [0.4, 0.5) is 0 Å². The van der Waals surface area contributed by atoms with Crippen molar-refractivity contribution < 1.29 is 0 Å². The van der Waals surface area contributed by atoms with E-state index >= 15 is 0 Å². The van der Waals surface area contributed by atoms with Crippen molar-refractivity contribution in [1.29, 1.82) is 0 Å². The maximum atomic E-state index is 5.85. The number of aromatic amines is 1. The maximum Gasteiger partial charge on any atom is 0.158 e. The summed E-state index contributed by atoms with van der Waals surface area (Å²) in [6, 6.07) is 7.54. The fraction of sp³-hybridized carbons (Fsp3) is 0. The molecule has 2 aromatic heterocycles. The van der Waals surface area contributed by atoms with Gasteiger partial charge in [0, 0.05) is 29.2 Å². The number of imidazole rings is 1. The molecule has 0 saturated heterocycles. The monoisotopic (exact) mass is 256 g/mol. The van der Waals surface area contributed by atoms with E-state index in [0.29, 0.717) is 10.8 Å². The van der Waals surface area contributed by atoms with Crippen LogP contribution < -0.4 is 0 Å². The van der Waals surface area contributed by atoms with Crippen molar-refractivity contribution in [3.63, 3.8) is 0 Å². The van der Waals surface area contributed by atoms with Gasteiger partial charge in [-0.05, 0) is 12.1 Å². The molecule has 2 heterocycles. The first-order valence-corrected chi connectivity index (χ1v) is 5.78. The van der Waals surface area contributed by atoms with Gasteiger partial charge >= 0.3 is 0 Å². The van der Waals surface area contributed by atoms with Gasteiger partial charge in [-0.2, -0.15) is 0 Å². The van der Waals surface area contributed by atoms with Crippen LogP contribution in [0.25, 0.3) is 22.8 Å². The molecule has 0 atom stereocenters. The van der Waals surface area contributed by atoms with Crippen molar-refractivity contribution in [2.75, 3.05) is 0 Å². The topological polar surface area (TPSA) is 54.5 Å². The summed E-state index contributed by atoms with van der Waals surface area (Å²) >= 11 is 5.85. The van der Waals surface area contributed by atoms with Gasteiger partial charge in [-0.1, -0.05) is 23.7 Å². The fourth-order valence-corrected chi connectivity index (χ4v) is 1.77. The first-order valence-electron chi connectivity index (χ1n) is 5.41. The molecule has 0 aliphatic carbocycles. The van der Waals surface area contributed by atoms with E-state index in [2.05, 4.69) is 19.9 Å². The summed E-state index contributed by atoms with van der Waals surface area (Å²) in [6.45, 7) is 0. The molecular formula is C13H9ClN4. The van der Waals surface area contributed by atoms with Crippen molar-refractivity contribution in [1.82, 2.24) is 19.9 Å². The van der Waals surface area contributed by atoms with E-state index in [0.717, 1.165) is 17.0 Å². The lowest BCUT2D eigenvalue weighted by Crippen LogP contribution is -1.86. The average Bonchev–Trinajstić information content (AvgIpc) is 2.90. The highest BCUT2D eigenvalue weighted by atomic mass is 35.5. The SMILES string of the molecule is Clc1ccc(-c2c[nH]c(-c3cnccn3)n2)cc1. The summed E-state index contributed by atoms with van der Waals surface area (Å²) in [5, 5.41) is 0.712. The molecule has 0 bridgehead atoms. The van der Waals surface area contributed by atoms with Crippen molar-refractivity contribution >= 4 is 11.6 Å². The molecule has 0 spiro atoms. The smallest absolute Gasteiger partial charge is 0.158 e. The molecule has 3 rings (SSSR count). The number of H-pyrrole nitrogens is 1. The largest absolute Gasteiger partial charge is 0.343 e. The third kappa shape index (κ3) is 2.10. The van der Waals surface area contributed by atoms with Gasteiger partial charge < -0.3 is 4.98 Å². The van der Waals surface area contributed by atoms with Crippen LogP contribution in [0.1, 0.15) is 0 Å². The van der Waals surface area contributed by atoms with E-state index in [1.807, 2.05) is 30.5 Å². The molecule has 5 heteroatoms. The van der Waals surface area contributed by atoms with E-state index in [1.54, 1.807) is 18.6 Å². The molecule has 3 aromatic rings. The second kappa shape index (κ2) is 4.58. The second-order valence-electron chi connectivity index (χ2n) is 3.73. The molecule has 0 unspecified atom stereocenters. The molecule has 0 radical (unpaired) electrons. The molecule has 0 saturated carbocycles. The van der Waals surface area contributed by atoms with Crippen molar-refractivity contribution in [3.8, 4) is 22.8 Å². The number of nitrogens with zero attached hydrogens (tertiary/aromatic N) is 3. The lowest BCUT2D eigenvalue weighted by molar-refractivity contribution is 1.16. The van der Waals surface area contributed by atoms with Gasteiger partial charge in [0.2, 0.25) is 0 Å². The summed E-state index contributed by atoms with van der Waals surface area (Å²) in [5.74, 6) is 0.702. The highest BCUT2D eigenvalue weighted by Crippen LogP contribution is 2.22. The zero-order chi connectivity index (χ0) is 12.4. The first kappa shape index (κ1) is 10.9. The Balaban J connectivity index is 1.97. The predicted molar refractivity (Wildman–Crippen MR) is 70.1 cm³/mol. The van der Waals surface area contributed by atoms with E-state index in [-0.39, 0.29) is 0 Å². The second-order valence-corrected chi connectivity index (χ2v) is 4.17. The van der Waals surface area contributed by atoms with Crippen molar-refractivity contribution in [2.24, 2.45) is 0 Å². The van der Waals surface area contributed by atoms with Gasteiger partial charge in [0.25, 0.3) is 0 Å². The highest BCUT2D eigenvalue weighted by Gasteiger charge is 2.06. The van der Waals surface area contributed by atoms with Gasteiger partial charge in [-0.3, -0.25) is 4.98 Å². The Labute approximate surface area is 109 Å². The van der Waals surface area contributed by atoms with Crippen LogP contribution in [0.5, 0.6) is 0 Å². The van der Waals surface area contributed by atoms with Crippen LogP contribution in [0.2, 0.25) is 5.02 Å². The molecule has 1 N–H and O–H groups in total. The molecule has 88 valence electrons. The predicted octanol–water partition coefficient (Wildman–Crippen LogP) is 3.19. The van der Waals surface area contributed by atoms with Crippen molar-refractivity contribution in [3.05, 3.63) is 54.1 Å². The lowest BCUT2D eigenvalue weighted by Gasteiger charge is -1.96. The van der Waals surface area contributed by atoms with Crippen LogP contribution in [0.15, 0.2) is 49.1 Å². The van der Waals surface area contributed by atoms with Crippen molar-refractivity contribution in [2.45, 2.75) is 0 Å². The lowest BCUT2D eigenvalue weighted by atomic mass is 10.2. The Morgan fingerprint density at radius 2 is 1.83 bits per heavy atom. The molecule has 0 amide bonds. The molecule has 0 fully saturated rings. The summed E-state index contributed by atoms with van der Waals surface area (Å²) in [7, 11) is 0. The normalized spacial score (nSPS) is 10.5. The summed E-state index contributed by atoms with van der Waals surface area (Å²) in [4.78, 5) is 15.8. The molecule has 0 aliphatic heterocycles. The Morgan fingerprint density at radius 1 is 1.00 bits per heavy atom. The molecule has 1 aromatic carbocycles. The van der Waals surface area contributed by atoms with Crippen LogP contribution >= 0.6 is 11.6 Å². The minimum absolute atomic E-state index is 0.702. The van der Waals surface area contributed by atoms with Crippen LogP contribution in [0.3, 0.4) is 0 Å². The standard InChI is InChI=1S/C13H9ClN4/c14-10-3-1-9(2-4-10)11-8-17-13(18-11)12-7-15-5-6-16-12/h1-8H,(H,17,18). The molecule has 4 nitrogen and oxygen atoms in total. The Bertz CT molecular complexity index is 646. The fourth-order valence-electron chi connectivity index (χ4n) is 1.64. The number of hydrogen-bond acceptors (Lipinski definition) is 3. The molecular weight excluding hydrogens is 248 g/mol. The van der Waals surface area contributed by atoms with Gasteiger partial charge in [0.1, 0.15) is 5.69 Å². The van der Waals surface area contributed by atoms with Gasteiger partial charge in [-0.25, -0.2) is 9.97 Å². The van der Waals surface area contributed by atoms with Gasteiger partial charge in [0.05, 0.1) is 11.9 Å². The number of benzene rings is 1. The third-order valence-electron chi connectivity index (χ3n) is 2.52. The maximum absolute atomic E-state index is 5.85.